The van der Waals surface area contributed by atoms with E-state index in [4.69, 9.17) is 15.3 Å². The molecule has 0 saturated carbocycles. The minimum atomic E-state index is -1.37. The van der Waals surface area contributed by atoms with Crippen molar-refractivity contribution in [3.05, 3.63) is 17.8 Å². The summed E-state index contributed by atoms with van der Waals surface area (Å²) in [5, 5.41) is 13.2. The number of nitrogens with two attached hydrogens (primary N) is 1. The second kappa shape index (κ2) is 6.38. The fourth-order valence-corrected chi connectivity index (χ4v) is 1.25. The topological polar surface area (TPSA) is 148 Å². The summed E-state index contributed by atoms with van der Waals surface area (Å²) >= 11 is 0. The molecule has 0 aliphatic carbocycles. The molecule has 0 aliphatic rings. The number of carbonyl (C=O) groups excluding carboxylic acids is 2. The Morgan fingerprint density at radius 1 is 1.53 bits per heavy atom. The number of rotatable bonds is 6. The van der Waals surface area contributed by atoms with Gasteiger partial charge in [0, 0.05) is 0 Å². The van der Waals surface area contributed by atoms with Gasteiger partial charge in [-0.25, -0.2) is 14.6 Å². The molecule has 5 N–H and O–H groups in total. The molecular weight excluding hydrogens is 256 g/mol. The third-order valence-corrected chi connectivity index (χ3v) is 2.08. The van der Waals surface area contributed by atoms with Crippen molar-refractivity contribution in [2.45, 2.75) is 25.9 Å². The van der Waals surface area contributed by atoms with Crippen molar-refractivity contribution in [1.29, 1.82) is 0 Å². The zero-order valence-corrected chi connectivity index (χ0v) is 10.2. The number of carbonyl (C=O) groups is 3. The van der Waals surface area contributed by atoms with E-state index in [0.29, 0.717) is 5.76 Å². The van der Waals surface area contributed by atoms with Crippen molar-refractivity contribution < 1.29 is 23.9 Å². The SMILES string of the molecule is Cc1cnc(CNC(=O)N[C@H](CC(N)=O)C(=O)O)o1. The van der Waals surface area contributed by atoms with E-state index in [-0.39, 0.29) is 12.4 Å². The highest BCUT2D eigenvalue weighted by Gasteiger charge is 2.22. The van der Waals surface area contributed by atoms with E-state index in [2.05, 4.69) is 15.6 Å². The summed E-state index contributed by atoms with van der Waals surface area (Å²) in [4.78, 5) is 36.7. The number of amides is 3. The standard InChI is InChI=1S/C10H14N4O5/c1-5-3-12-8(19-5)4-13-10(18)14-6(9(16)17)2-7(11)15/h3,6H,2,4H2,1H3,(H2,11,15)(H,16,17)(H2,13,14,18)/t6-/m1/s1. The minimum absolute atomic E-state index is 0.00256. The lowest BCUT2D eigenvalue weighted by atomic mass is 10.2. The summed E-state index contributed by atoms with van der Waals surface area (Å²) in [7, 11) is 0. The molecule has 0 spiro atoms. The van der Waals surface area contributed by atoms with E-state index in [1.165, 1.54) is 6.20 Å². The number of aromatic nitrogens is 1. The summed E-state index contributed by atoms with van der Waals surface area (Å²) in [6.07, 6.45) is 1.00. The Morgan fingerprint density at radius 2 is 2.21 bits per heavy atom. The van der Waals surface area contributed by atoms with Crippen molar-refractivity contribution in [3.63, 3.8) is 0 Å². The molecule has 0 fully saturated rings. The van der Waals surface area contributed by atoms with Gasteiger partial charge in [-0.15, -0.1) is 0 Å². The van der Waals surface area contributed by atoms with Gasteiger partial charge in [-0.05, 0) is 6.92 Å². The lowest BCUT2D eigenvalue weighted by Crippen LogP contribution is -2.47. The number of nitrogens with one attached hydrogen (secondary N) is 2. The van der Waals surface area contributed by atoms with Gasteiger partial charge in [0.2, 0.25) is 11.8 Å². The Labute approximate surface area is 108 Å². The van der Waals surface area contributed by atoms with Crippen molar-refractivity contribution in [3.8, 4) is 0 Å². The van der Waals surface area contributed by atoms with Gasteiger partial charge in [0.05, 0.1) is 19.2 Å². The molecule has 1 aromatic heterocycles. The van der Waals surface area contributed by atoms with Gasteiger partial charge in [-0.1, -0.05) is 0 Å². The van der Waals surface area contributed by atoms with E-state index in [9.17, 15) is 14.4 Å². The van der Waals surface area contributed by atoms with Crippen LogP contribution in [0.3, 0.4) is 0 Å². The van der Waals surface area contributed by atoms with Crippen LogP contribution >= 0.6 is 0 Å². The van der Waals surface area contributed by atoms with Gasteiger partial charge in [0.15, 0.2) is 0 Å². The van der Waals surface area contributed by atoms with E-state index in [1.807, 2.05) is 0 Å². The van der Waals surface area contributed by atoms with Crippen LogP contribution in [0.25, 0.3) is 0 Å². The van der Waals surface area contributed by atoms with Gasteiger partial charge in [0.25, 0.3) is 0 Å². The molecule has 0 aliphatic heterocycles. The lowest BCUT2D eigenvalue weighted by molar-refractivity contribution is -0.140. The second-order valence-electron chi connectivity index (χ2n) is 3.75. The number of hydrogen-bond donors (Lipinski definition) is 4. The first kappa shape index (κ1) is 14.5. The summed E-state index contributed by atoms with van der Waals surface area (Å²) < 4.78 is 5.11. The fraction of sp³-hybridized carbons (Fsp3) is 0.400. The molecule has 0 aromatic carbocycles. The number of urea groups is 1. The molecule has 9 nitrogen and oxygen atoms in total. The Kier molecular flexibility index (Phi) is 4.86. The van der Waals surface area contributed by atoms with Crippen molar-refractivity contribution in [2.75, 3.05) is 0 Å². The predicted octanol–water partition coefficient (Wildman–Crippen LogP) is -0.889. The molecule has 1 atom stereocenters. The van der Waals surface area contributed by atoms with Crippen LogP contribution < -0.4 is 16.4 Å². The number of oxazole rings is 1. The number of aryl methyl sites for hydroxylation is 1. The average Bonchev–Trinajstić information content (AvgIpc) is 2.71. The van der Waals surface area contributed by atoms with Gasteiger partial charge in [0.1, 0.15) is 11.8 Å². The first-order chi connectivity index (χ1) is 8.88. The van der Waals surface area contributed by atoms with Crippen LogP contribution in [-0.2, 0) is 16.1 Å². The highest BCUT2D eigenvalue weighted by molar-refractivity contribution is 5.87. The summed E-state index contributed by atoms with van der Waals surface area (Å²) in [5.74, 6) is -1.29. The average molecular weight is 270 g/mol. The van der Waals surface area contributed by atoms with Crippen LogP contribution in [0.4, 0.5) is 4.79 Å². The van der Waals surface area contributed by atoms with Crippen LogP contribution in [0.2, 0.25) is 0 Å². The van der Waals surface area contributed by atoms with E-state index < -0.39 is 30.4 Å². The van der Waals surface area contributed by atoms with Crippen LogP contribution in [0.15, 0.2) is 10.6 Å². The zero-order chi connectivity index (χ0) is 14.4. The smallest absolute Gasteiger partial charge is 0.326 e. The number of carboxylic acid groups (broad SMARTS) is 1. The van der Waals surface area contributed by atoms with Crippen molar-refractivity contribution in [2.24, 2.45) is 5.73 Å². The highest BCUT2D eigenvalue weighted by atomic mass is 16.4. The molecule has 1 aromatic rings. The maximum absolute atomic E-state index is 11.4. The molecule has 1 rings (SSSR count). The van der Waals surface area contributed by atoms with Crippen molar-refractivity contribution >= 4 is 17.9 Å². The number of nitrogens with zero attached hydrogens (tertiary/aromatic N) is 1. The predicted molar refractivity (Wildman–Crippen MR) is 61.8 cm³/mol. The molecule has 0 radical (unpaired) electrons. The first-order valence-corrected chi connectivity index (χ1v) is 5.35. The number of hydrogen-bond acceptors (Lipinski definition) is 5. The minimum Gasteiger partial charge on any atom is -0.480 e. The summed E-state index contributed by atoms with van der Waals surface area (Å²) in [6, 6.07) is -2.13. The van der Waals surface area contributed by atoms with E-state index in [0.717, 1.165) is 0 Å². The van der Waals surface area contributed by atoms with E-state index >= 15 is 0 Å². The zero-order valence-electron chi connectivity index (χ0n) is 10.2. The molecule has 0 bridgehead atoms. The third-order valence-electron chi connectivity index (χ3n) is 2.08. The fourth-order valence-electron chi connectivity index (χ4n) is 1.25. The monoisotopic (exact) mass is 270 g/mol. The number of primary amides is 1. The second-order valence-corrected chi connectivity index (χ2v) is 3.75. The largest absolute Gasteiger partial charge is 0.480 e. The maximum atomic E-state index is 11.4. The molecule has 19 heavy (non-hydrogen) atoms. The van der Waals surface area contributed by atoms with E-state index in [1.54, 1.807) is 6.92 Å². The summed E-state index contributed by atoms with van der Waals surface area (Å²) in [6.45, 7) is 1.70. The molecule has 104 valence electrons. The number of carboxylic acids is 1. The third kappa shape index (κ3) is 5.06. The summed E-state index contributed by atoms with van der Waals surface area (Å²) in [5.41, 5.74) is 4.88. The van der Waals surface area contributed by atoms with Crippen LogP contribution in [0.1, 0.15) is 18.1 Å². The first-order valence-electron chi connectivity index (χ1n) is 5.35. The van der Waals surface area contributed by atoms with Crippen LogP contribution in [-0.4, -0.2) is 34.0 Å². The molecule has 9 heteroatoms. The van der Waals surface area contributed by atoms with Crippen LogP contribution in [0, 0.1) is 6.92 Å². The Bertz CT molecular complexity index is 484. The van der Waals surface area contributed by atoms with Gasteiger partial charge < -0.3 is 25.9 Å². The molecule has 0 unspecified atom stereocenters. The Hall–Kier alpha value is -2.58. The molecule has 0 saturated heterocycles. The van der Waals surface area contributed by atoms with Crippen LogP contribution in [0.5, 0.6) is 0 Å². The molecular formula is C10H14N4O5. The Morgan fingerprint density at radius 3 is 2.68 bits per heavy atom. The van der Waals surface area contributed by atoms with Crippen molar-refractivity contribution in [1.82, 2.24) is 15.6 Å². The molecule has 3 amide bonds. The molecule has 1 heterocycles. The number of aliphatic carboxylic acids is 1. The normalized spacial score (nSPS) is 11.6. The quantitative estimate of drug-likeness (QED) is 0.527. The lowest BCUT2D eigenvalue weighted by Gasteiger charge is -2.12. The van der Waals surface area contributed by atoms with Gasteiger partial charge >= 0.3 is 12.0 Å². The van der Waals surface area contributed by atoms with Gasteiger partial charge in [-0.2, -0.15) is 0 Å². The maximum Gasteiger partial charge on any atom is 0.326 e. The Balaban J connectivity index is 2.44. The highest BCUT2D eigenvalue weighted by Crippen LogP contribution is 2.00. The van der Waals surface area contributed by atoms with Gasteiger partial charge in [-0.3, -0.25) is 4.79 Å².